The number of esters is 1. The third kappa shape index (κ3) is 14.4. The molecule has 2 saturated heterocycles. The van der Waals surface area contributed by atoms with Crippen molar-refractivity contribution in [3.05, 3.63) is 177 Å². The predicted octanol–water partition coefficient (Wildman–Crippen LogP) is 10.8. The van der Waals surface area contributed by atoms with Gasteiger partial charge in [-0.2, -0.15) is 10.2 Å². The van der Waals surface area contributed by atoms with Crippen molar-refractivity contribution in [1.29, 1.82) is 0 Å². The van der Waals surface area contributed by atoms with E-state index in [2.05, 4.69) is 85.0 Å². The summed E-state index contributed by atoms with van der Waals surface area (Å²) in [5.41, 5.74) is 7.17. The van der Waals surface area contributed by atoms with Crippen molar-refractivity contribution in [2.45, 2.75) is 102 Å². The van der Waals surface area contributed by atoms with Gasteiger partial charge in [0.1, 0.15) is 67.8 Å². The second-order valence-electron chi connectivity index (χ2n) is 22.7. The fraction of sp³-hybridized carbons (Fsp3) is 0.438. The number of carbonyl (C=O) groups is 1. The highest BCUT2D eigenvalue weighted by atomic mass is 35.5. The van der Waals surface area contributed by atoms with Crippen LogP contribution in [-0.2, 0) is 48.9 Å². The van der Waals surface area contributed by atoms with Gasteiger partial charge in [0, 0.05) is 80.6 Å². The van der Waals surface area contributed by atoms with Crippen molar-refractivity contribution >= 4 is 51.6 Å². The van der Waals surface area contributed by atoms with Gasteiger partial charge >= 0.3 is 11.7 Å². The molecule has 1 aliphatic carbocycles. The van der Waals surface area contributed by atoms with Gasteiger partial charge in [0.2, 0.25) is 5.79 Å². The van der Waals surface area contributed by atoms with Gasteiger partial charge in [0.25, 0.3) is 0 Å². The largest absolute Gasteiger partial charge is 0.491 e. The Hall–Kier alpha value is -7.13. The fourth-order valence-corrected chi connectivity index (χ4v) is 12.6. The molecule has 2 aliphatic heterocycles. The average molecular weight is 1200 g/mol. The number of fused-ring (bicyclic) bond motifs is 2. The van der Waals surface area contributed by atoms with E-state index in [1.807, 2.05) is 74.5 Å². The summed E-state index contributed by atoms with van der Waals surface area (Å²) in [5, 5.41) is 9.50. The minimum atomic E-state index is -1.16. The number of carbonyl (C=O) groups excluding carboxylic acids is 1. The lowest BCUT2D eigenvalue weighted by Gasteiger charge is -2.47. The van der Waals surface area contributed by atoms with E-state index in [1.165, 1.54) is 24.2 Å². The fourth-order valence-electron chi connectivity index (χ4n) is 12.0. The van der Waals surface area contributed by atoms with Gasteiger partial charge in [-0.1, -0.05) is 68.2 Å². The molecule has 3 aromatic heterocycles. The van der Waals surface area contributed by atoms with Crippen LogP contribution in [0.2, 0.25) is 10.0 Å². The number of anilines is 2. The van der Waals surface area contributed by atoms with Gasteiger partial charge in [0.15, 0.2) is 0 Å². The van der Waals surface area contributed by atoms with Crippen molar-refractivity contribution in [2.75, 3.05) is 83.0 Å². The van der Waals surface area contributed by atoms with Crippen molar-refractivity contribution in [3.8, 4) is 11.4 Å². The first kappa shape index (κ1) is 61.0. The molecule has 5 atom stereocenters. The lowest BCUT2D eigenvalue weighted by atomic mass is 9.65. The lowest BCUT2D eigenvalue weighted by molar-refractivity contribution is -0.190. The zero-order valence-electron chi connectivity index (χ0n) is 49.2. The molecule has 8 aromatic rings. The normalized spacial score (nSPS) is 19.9. The number of methoxy groups -OCH3 is 1. The molecule has 1 N–H and O–H groups in total. The smallest absolute Gasteiger partial charge is 0.350 e. The highest BCUT2D eigenvalue weighted by Gasteiger charge is 2.48. The number of imidazole rings is 1. The third-order valence-electron chi connectivity index (χ3n) is 16.5. The van der Waals surface area contributed by atoms with Crippen molar-refractivity contribution in [2.24, 2.45) is 5.92 Å². The second-order valence-corrected chi connectivity index (χ2v) is 23.5. The van der Waals surface area contributed by atoms with Crippen molar-refractivity contribution < 1.29 is 32.9 Å². The number of aromatic nitrogens is 8. The molecular weight excluding hydrogens is 1120 g/mol. The molecule has 85 heavy (non-hydrogen) atoms. The molecule has 5 aromatic carbocycles. The number of nitrogens with zero attached hydrogens (tertiary/aromatic N) is 10. The van der Waals surface area contributed by atoms with Gasteiger partial charge in [-0.25, -0.2) is 37.9 Å². The number of piperazine rings is 1. The quantitative estimate of drug-likeness (QED) is 0.0635. The summed E-state index contributed by atoms with van der Waals surface area (Å²) in [7, 11) is 3.61. The summed E-state index contributed by atoms with van der Waals surface area (Å²) >= 11 is 12.7. The van der Waals surface area contributed by atoms with E-state index in [4.69, 9.17) is 46.9 Å². The highest BCUT2D eigenvalue weighted by molar-refractivity contribution is 6.35. The van der Waals surface area contributed by atoms with Crippen LogP contribution in [0, 0.1) is 11.7 Å². The Balaban J connectivity index is 0.000000199. The zero-order valence-corrected chi connectivity index (χ0v) is 50.7. The molecule has 450 valence electrons. The third-order valence-corrected chi connectivity index (χ3v) is 17.1. The predicted molar refractivity (Wildman–Crippen MR) is 328 cm³/mol. The Bertz CT molecular complexity index is 3500. The highest BCUT2D eigenvalue weighted by Crippen LogP contribution is 2.48. The summed E-state index contributed by atoms with van der Waals surface area (Å²) in [5.74, 6) is 0.248. The van der Waals surface area contributed by atoms with Crippen LogP contribution in [0.4, 0.5) is 15.8 Å². The van der Waals surface area contributed by atoms with Crippen molar-refractivity contribution in [1.82, 2.24) is 44.0 Å². The Labute approximate surface area is 505 Å². The molecule has 18 nitrogen and oxygen atoms in total. The van der Waals surface area contributed by atoms with Crippen LogP contribution >= 0.6 is 23.2 Å². The zero-order chi connectivity index (χ0) is 59.7. The van der Waals surface area contributed by atoms with Crippen LogP contribution in [-0.4, -0.2) is 135 Å². The molecule has 3 aliphatic rings. The molecule has 11 rings (SSSR count). The van der Waals surface area contributed by atoms with Gasteiger partial charge < -0.3 is 43.4 Å². The average Bonchev–Trinajstić information content (AvgIpc) is 1.92. The number of aryl methyl sites for hydroxylation is 2. The minimum absolute atomic E-state index is 0.00777. The second kappa shape index (κ2) is 27.5. The van der Waals surface area contributed by atoms with E-state index in [-0.39, 0.29) is 54.6 Å². The number of nitrogens with one attached hydrogen (secondary N) is 1. The monoisotopic (exact) mass is 1200 g/mol. The number of hydrogen-bond donors (Lipinski definition) is 1. The van der Waals surface area contributed by atoms with E-state index in [9.17, 15) is 14.0 Å². The van der Waals surface area contributed by atoms with Crippen LogP contribution in [0.25, 0.3) is 16.7 Å². The molecule has 1 unspecified atom stereocenters. The maximum Gasteiger partial charge on any atom is 0.350 e. The number of rotatable bonds is 22. The molecule has 0 saturated carbocycles. The number of para-hydroxylation sites is 2. The molecule has 0 radical (unpaired) electrons. The first-order chi connectivity index (χ1) is 41.1. The Morgan fingerprint density at radius 3 is 2.31 bits per heavy atom. The van der Waals surface area contributed by atoms with Crippen LogP contribution in [0.3, 0.4) is 0 Å². The van der Waals surface area contributed by atoms with Crippen LogP contribution in [0.5, 0.6) is 5.75 Å². The number of H-pyrrole nitrogens is 1. The summed E-state index contributed by atoms with van der Waals surface area (Å²) in [6.07, 6.45) is 9.11. The topological polar surface area (TPSA) is 172 Å². The van der Waals surface area contributed by atoms with Gasteiger partial charge in [-0.05, 0) is 148 Å². The van der Waals surface area contributed by atoms with Crippen molar-refractivity contribution in [3.63, 3.8) is 0 Å². The van der Waals surface area contributed by atoms with Gasteiger partial charge in [0.05, 0.1) is 34.4 Å². The van der Waals surface area contributed by atoms with E-state index in [0.717, 1.165) is 109 Å². The summed E-state index contributed by atoms with van der Waals surface area (Å²) < 4.78 is 48.9. The first-order valence-corrected chi connectivity index (χ1v) is 30.1. The molecule has 0 bridgehead atoms. The van der Waals surface area contributed by atoms with Crippen LogP contribution in [0.1, 0.15) is 87.9 Å². The summed E-state index contributed by atoms with van der Waals surface area (Å²) in [6, 6.07) is 34.7. The number of halogens is 3. The van der Waals surface area contributed by atoms with Gasteiger partial charge in [-0.3, -0.25) is 0 Å². The lowest BCUT2D eigenvalue weighted by Crippen LogP contribution is -2.49. The SMILES string of the molecule is CCC(C)n1ncn(-c2ccc(N3CCN(c4ccc(OC[C@H]5CO[C@](Cn6cncn6)(c6ccc(Cl)cc6Cl)O5)cc4)CC3)cc2)c1=O.COCC(=O)O[C@]1(CCN(C)CCCc2nc3ccccc3[nH]2)CCc2cc(F)ccc2[C@@H]1C(C)C. The molecule has 0 spiro atoms. The first-order valence-electron chi connectivity index (χ1n) is 29.3. The maximum atomic E-state index is 14.0. The summed E-state index contributed by atoms with van der Waals surface area (Å²) in [6.45, 7) is 14.4. The Kier molecular flexibility index (Phi) is 19.7. The minimum Gasteiger partial charge on any atom is -0.491 e. The Morgan fingerprint density at radius 1 is 0.894 bits per heavy atom. The van der Waals surface area contributed by atoms with E-state index < -0.39 is 11.4 Å². The molecule has 21 heteroatoms. The molecule has 0 amide bonds. The number of benzene rings is 5. The maximum absolute atomic E-state index is 14.0. The number of aromatic amines is 1. The van der Waals surface area contributed by atoms with Crippen LogP contribution < -0.4 is 20.2 Å². The molecular formula is C64H76Cl2FN11O7. The number of hydrogen-bond acceptors (Lipinski definition) is 14. The van der Waals surface area contributed by atoms with Crippen LogP contribution in [0.15, 0.2) is 133 Å². The van der Waals surface area contributed by atoms with Gasteiger partial charge in [-0.15, -0.1) is 0 Å². The number of ether oxygens (including phenoxy) is 5. The van der Waals surface area contributed by atoms with E-state index >= 15 is 0 Å². The Morgan fingerprint density at radius 2 is 1.62 bits per heavy atom. The standard InChI is InChI=1S/C35H38Cl2N8O4.C29H38FN3O3/c1-3-25(2)45-34(46)44(24-40-45)29-7-5-27(6-8-29)41-14-16-42(17-15-41)28-9-11-30(12-10-28)47-19-31-20-48-35(49-31,21-43-23-38-22-39-43)32-13-4-26(36)18-33(32)37;1-20(2)28-23-12-11-22(30)18-21(23)13-14-29(28,36-27(34)19-35-4)15-17-33(3)16-7-10-26-31-24-8-5-6-9-25(24)32-26/h4-13,18,22-25,31H,3,14-17,19-21H2,1-2H3;5-6,8-9,11-12,18,20,28H,7,10,13-17,19H2,1-4H3,(H,31,32)/t25?,31-,35-;28-,29-/m00/s1. The molecule has 2 fully saturated rings. The summed E-state index contributed by atoms with van der Waals surface area (Å²) in [4.78, 5) is 44.6. The van der Waals surface area contributed by atoms with E-state index in [0.29, 0.717) is 48.1 Å². The van der Waals surface area contributed by atoms with E-state index in [1.54, 1.807) is 40.1 Å². The molecule has 5 heterocycles.